The van der Waals surface area contributed by atoms with Crippen molar-refractivity contribution >= 4 is 34.9 Å². The molecule has 39 heavy (non-hydrogen) atoms. The van der Waals surface area contributed by atoms with Gasteiger partial charge in [0.25, 0.3) is 5.91 Å². The second-order valence-electron chi connectivity index (χ2n) is 9.73. The smallest absolute Gasteiger partial charge is 0.303 e. The van der Waals surface area contributed by atoms with Crippen molar-refractivity contribution in [1.82, 2.24) is 5.32 Å². The molecule has 3 aromatic rings. The minimum absolute atomic E-state index is 0.0336. The minimum Gasteiger partial charge on any atom is -0.481 e. The number of nitriles is 1. The molecule has 2 atom stereocenters. The Morgan fingerprint density at radius 1 is 1.13 bits per heavy atom. The molecule has 2 N–H and O–H groups in total. The van der Waals surface area contributed by atoms with Crippen molar-refractivity contribution in [3.63, 3.8) is 0 Å². The number of hydrazone groups is 1. The molecule has 198 valence electrons. The molecule has 3 aromatic carbocycles. The van der Waals surface area contributed by atoms with Gasteiger partial charge in [-0.2, -0.15) is 10.4 Å². The molecule has 1 amide bonds. The van der Waals surface area contributed by atoms with E-state index in [-0.39, 0.29) is 30.1 Å². The molecule has 0 unspecified atom stereocenters. The van der Waals surface area contributed by atoms with E-state index in [9.17, 15) is 19.2 Å². The summed E-state index contributed by atoms with van der Waals surface area (Å²) < 4.78 is 13.8. The number of unbranched alkanes of at least 4 members (excludes halogenated alkanes) is 1. The Bertz CT molecular complexity index is 1500. The van der Waals surface area contributed by atoms with Gasteiger partial charge in [0.1, 0.15) is 11.9 Å². The number of anilines is 1. The van der Waals surface area contributed by atoms with Crippen molar-refractivity contribution in [1.29, 1.82) is 5.26 Å². The molecule has 0 spiro atoms. The van der Waals surface area contributed by atoms with Gasteiger partial charge >= 0.3 is 5.97 Å². The average molecular weight is 545 g/mol. The number of amides is 1. The molecule has 0 saturated heterocycles. The zero-order valence-corrected chi connectivity index (χ0v) is 21.8. The Morgan fingerprint density at radius 2 is 1.92 bits per heavy atom. The molecule has 9 heteroatoms. The highest BCUT2D eigenvalue weighted by atomic mass is 35.5. The van der Waals surface area contributed by atoms with Crippen molar-refractivity contribution in [3.8, 4) is 6.07 Å². The van der Waals surface area contributed by atoms with Gasteiger partial charge < -0.3 is 10.4 Å². The van der Waals surface area contributed by atoms with Crippen molar-refractivity contribution in [2.45, 2.75) is 38.1 Å². The Kier molecular flexibility index (Phi) is 7.62. The molecule has 1 heterocycles. The van der Waals surface area contributed by atoms with Gasteiger partial charge in [0.15, 0.2) is 0 Å². The van der Waals surface area contributed by atoms with E-state index in [4.69, 9.17) is 21.8 Å². The van der Waals surface area contributed by atoms with E-state index < -0.39 is 5.97 Å². The van der Waals surface area contributed by atoms with E-state index in [0.29, 0.717) is 35.5 Å². The van der Waals surface area contributed by atoms with Crippen molar-refractivity contribution in [2.24, 2.45) is 11.0 Å². The molecule has 1 aliphatic heterocycles. The van der Waals surface area contributed by atoms with E-state index in [1.807, 2.05) is 23.2 Å². The Hall–Kier alpha value is -4.22. The first-order valence-corrected chi connectivity index (χ1v) is 13.2. The first-order chi connectivity index (χ1) is 18.9. The number of aryl methyl sites for hydroxylation is 1. The lowest BCUT2D eigenvalue weighted by atomic mass is 9.77. The third-order valence-corrected chi connectivity index (χ3v) is 7.54. The predicted octanol–water partition coefficient (Wildman–Crippen LogP) is 5.86. The van der Waals surface area contributed by atoms with E-state index in [0.717, 1.165) is 40.9 Å². The van der Waals surface area contributed by atoms with Crippen LogP contribution in [0.3, 0.4) is 0 Å². The van der Waals surface area contributed by atoms with E-state index >= 15 is 0 Å². The van der Waals surface area contributed by atoms with Gasteiger partial charge in [-0.3, -0.25) is 14.6 Å². The maximum Gasteiger partial charge on any atom is 0.303 e. The topological polar surface area (TPSA) is 106 Å². The molecule has 0 bridgehead atoms. The lowest BCUT2D eigenvalue weighted by Crippen LogP contribution is -2.29. The second kappa shape index (κ2) is 11.3. The van der Waals surface area contributed by atoms with E-state index in [1.54, 1.807) is 30.3 Å². The van der Waals surface area contributed by atoms with Gasteiger partial charge in [-0.05, 0) is 79.3 Å². The van der Waals surface area contributed by atoms with Crippen LogP contribution in [0.4, 0.5) is 10.1 Å². The number of benzene rings is 3. The van der Waals surface area contributed by atoms with Crippen LogP contribution in [0.5, 0.6) is 0 Å². The zero-order valence-electron chi connectivity index (χ0n) is 21.0. The van der Waals surface area contributed by atoms with Gasteiger partial charge in [-0.1, -0.05) is 29.8 Å². The molecule has 1 aliphatic carbocycles. The summed E-state index contributed by atoms with van der Waals surface area (Å²) in [6.45, 7) is 0.416. The summed E-state index contributed by atoms with van der Waals surface area (Å²) >= 11 is 6.36. The normalized spacial score (nSPS) is 17.6. The number of carbonyl (C=O) groups is 2. The number of carboxylic acid groups (broad SMARTS) is 1. The van der Waals surface area contributed by atoms with Gasteiger partial charge in [-0.25, -0.2) is 4.39 Å². The predicted molar refractivity (Wildman–Crippen MR) is 146 cm³/mol. The summed E-state index contributed by atoms with van der Waals surface area (Å²) in [6, 6.07) is 19.1. The average Bonchev–Trinajstić information content (AvgIpc) is 3.32. The van der Waals surface area contributed by atoms with Gasteiger partial charge in [0.05, 0.1) is 28.0 Å². The van der Waals surface area contributed by atoms with Crippen LogP contribution < -0.4 is 10.3 Å². The van der Waals surface area contributed by atoms with Crippen molar-refractivity contribution in [3.05, 3.63) is 99.3 Å². The summed E-state index contributed by atoms with van der Waals surface area (Å²) in [5.74, 6) is -1.31. The van der Waals surface area contributed by atoms with Crippen LogP contribution in [0.15, 0.2) is 65.8 Å². The lowest BCUT2D eigenvalue weighted by molar-refractivity contribution is -0.137. The molecule has 5 rings (SSSR count). The van der Waals surface area contributed by atoms with Crippen LogP contribution in [-0.2, 0) is 11.2 Å². The maximum absolute atomic E-state index is 13.8. The van der Waals surface area contributed by atoms with Gasteiger partial charge in [0.2, 0.25) is 0 Å². The quantitative estimate of drug-likeness (QED) is 0.345. The van der Waals surface area contributed by atoms with E-state index in [1.165, 1.54) is 12.1 Å². The lowest BCUT2D eigenvalue weighted by Gasteiger charge is -2.31. The first kappa shape index (κ1) is 26.4. The fourth-order valence-corrected chi connectivity index (χ4v) is 5.53. The summed E-state index contributed by atoms with van der Waals surface area (Å²) in [5, 5.41) is 28.2. The van der Waals surface area contributed by atoms with Crippen LogP contribution >= 0.6 is 11.6 Å². The first-order valence-electron chi connectivity index (χ1n) is 12.8. The highest BCUT2D eigenvalue weighted by Gasteiger charge is 2.42. The number of halogens is 2. The van der Waals surface area contributed by atoms with E-state index in [2.05, 4.69) is 11.4 Å². The number of nitrogens with zero attached hydrogens (tertiary/aromatic N) is 3. The number of hydrogen-bond acceptors (Lipinski definition) is 5. The zero-order chi connectivity index (χ0) is 27.5. The summed E-state index contributed by atoms with van der Waals surface area (Å²) in [5.41, 5.74) is 5.47. The fourth-order valence-electron chi connectivity index (χ4n) is 5.32. The largest absolute Gasteiger partial charge is 0.481 e. The van der Waals surface area contributed by atoms with Crippen LogP contribution in [0, 0.1) is 23.1 Å². The molecule has 7 nitrogen and oxygen atoms in total. The second-order valence-corrected chi connectivity index (χ2v) is 10.1. The molecule has 0 fully saturated rings. The van der Waals surface area contributed by atoms with Crippen LogP contribution in [0.2, 0.25) is 5.02 Å². The highest BCUT2D eigenvalue weighted by Crippen LogP contribution is 2.46. The number of aliphatic carboxylic acids is 1. The van der Waals surface area contributed by atoms with Gasteiger partial charge in [0, 0.05) is 30.0 Å². The number of nitrogens with one attached hydrogen (secondary N) is 1. The molecule has 0 aromatic heterocycles. The van der Waals surface area contributed by atoms with Crippen LogP contribution in [0.1, 0.15) is 64.3 Å². The summed E-state index contributed by atoms with van der Waals surface area (Å²) in [6.07, 6.45) is 2.73. The van der Waals surface area contributed by atoms with Gasteiger partial charge in [-0.15, -0.1) is 0 Å². The molecular formula is C30H26ClFN4O3. The Balaban J connectivity index is 1.43. The number of rotatable bonds is 8. The Labute approximate surface area is 230 Å². The third kappa shape index (κ3) is 5.50. The summed E-state index contributed by atoms with van der Waals surface area (Å²) in [4.78, 5) is 23.4. The number of fused-ring (bicyclic) bond motifs is 3. The molecular weight excluding hydrogens is 519 g/mol. The number of carbonyl (C=O) groups excluding carboxylic acids is 1. The standard InChI is InChI=1S/C30H26ClFN4O3/c31-26-16-23(11-6-21(26)17-33)36-29(18-4-9-22(32)10-5-18)25-13-7-19-15-20(8-12-24(19)28(25)35-36)30(39)34-14-2-1-3-27(37)38/h4-6,8-12,15-16,25,29H,1-3,7,13-14H2,(H,34,39)(H,37,38)/t25-,29-/m0/s1. The SMILES string of the molecule is N#Cc1ccc(N2N=C3c4ccc(C(=O)NCCCCC(=O)O)cc4CC[C@@H]3[C@@H]2c2ccc(F)cc2)cc1Cl. The molecule has 0 saturated carbocycles. The Morgan fingerprint density at radius 3 is 2.64 bits per heavy atom. The maximum atomic E-state index is 13.8. The van der Waals surface area contributed by atoms with Crippen LogP contribution in [0.25, 0.3) is 0 Å². The highest BCUT2D eigenvalue weighted by molar-refractivity contribution is 6.32. The molecule has 2 aliphatic rings. The van der Waals surface area contributed by atoms with Crippen molar-refractivity contribution in [2.75, 3.05) is 11.6 Å². The third-order valence-electron chi connectivity index (χ3n) is 7.23. The monoisotopic (exact) mass is 544 g/mol. The van der Waals surface area contributed by atoms with Crippen LogP contribution in [-0.4, -0.2) is 29.2 Å². The minimum atomic E-state index is -0.841. The fraction of sp³-hybridized carbons (Fsp3) is 0.267. The summed E-state index contributed by atoms with van der Waals surface area (Å²) in [7, 11) is 0. The molecule has 0 radical (unpaired) electrons. The number of hydrogen-bond donors (Lipinski definition) is 2. The number of carboxylic acids is 1. The van der Waals surface area contributed by atoms with Crippen molar-refractivity contribution < 1.29 is 19.1 Å².